The molecule has 0 bridgehead atoms. The summed E-state index contributed by atoms with van der Waals surface area (Å²) in [6, 6.07) is 14.1. The standard InChI is InChI=1S/C25H32O6/c1-14(2)17-7-9-18(10-8-17)25-29-21-13-28-24(19-6-5-15(3)16(4)11-19)31-23(21)22(30-25)20(27)12-26/h5-11,14,20-27H,12-13H2,1-4H3/t20-,21+,22-,23-,24?,25?/m1/s1. The number of hydrogen-bond donors (Lipinski definition) is 2. The van der Waals surface area contributed by atoms with Crippen LogP contribution < -0.4 is 0 Å². The van der Waals surface area contributed by atoms with Gasteiger partial charge in [0.05, 0.1) is 13.2 Å². The molecule has 0 aromatic heterocycles. The summed E-state index contributed by atoms with van der Waals surface area (Å²) in [5.74, 6) is 0.429. The second-order valence-corrected chi connectivity index (χ2v) is 8.79. The Morgan fingerprint density at radius 3 is 2.26 bits per heavy atom. The quantitative estimate of drug-likeness (QED) is 0.757. The Balaban J connectivity index is 1.54. The van der Waals surface area contributed by atoms with Crippen LogP contribution in [0.2, 0.25) is 0 Å². The first kappa shape index (κ1) is 22.4. The molecule has 2 fully saturated rings. The molecule has 2 aromatic rings. The number of ether oxygens (including phenoxy) is 4. The van der Waals surface area contributed by atoms with Gasteiger partial charge in [0.1, 0.15) is 24.4 Å². The highest BCUT2D eigenvalue weighted by atomic mass is 16.8. The Morgan fingerprint density at radius 2 is 1.61 bits per heavy atom. The third-order valence-electron chi connectivity index (χ3n) is 6.21. The van der Waals surface area contributed by atoms with Crippen LogP contribution in [0.3, 0.4) is 0 Å². The Bertz CT molecular complexity index is 880. The van der Waals surface area contributed by atoms with Crippen molar-refractivity contribution >= 4 is 0 Å². The molecule has 0 spiro atoms. The average molecular weight is 429 g/mol. The van der Waals surface area contributed by atoms with Crippen molar-refractivity contribution in [2.45, 2.75) is 70.6 Å². The van der Waals surface area contributed by atoms with Gasteiger partial charge in [-0.2, -0.15) is 0 Å². The molecule has 6 nitrogen and oxygen atoms in total. The van der Waals surface area contributed by atoms with E-state index in [-0.39, 0.29) is 0 Å². The fourth-order valence-corrected chi connectivity index (χ4v) is 4.06. The zero-order valence-electron chi connectivity index (χ0n) is 18.5. The van der Waals surface area contributed by atoms with Gasteiger partial charge in [0.25, 0.3) is 0 Å². The Morgan fingerprint density at radius 1 is 0.903 bits per heavy atom. The van der Waals surface area contributed by atoms with Crippen LogP contribution in [-0.4, -0.2) is 47.8 Å². The molecule has 168 valence electrons. The summed E-state index contributed by atoms with van der Waals surface area (Å²) in [6.07, 6.45) is -4.06. The summed E-state index contributed by atoms with van der Waals surface area (Å²) in [7, 11) is 0. The maximum Gasteiger partial charge on any atom is 0.184 e. The first-order chi connectivity index (χ1) is 14.9. The number of benzene rings is 2. The second-order valence-electron chi connectivity index (χ2n) is 8.79. The predicted molar refractivity (Wildman–Crippen MR) is 116 cm³/mol. The third kappa shape index (κ3) is 4.70. The molecule has 0 radical (unpaired) electrons. The fourth-order valence-electron chi connectivity index (χ4n) is 4.06. The monoisotopic (exact) mass is 428 g/mol. The van der Waals surface area contributed by atoms with Crippen molar-refractivity contribution < 1.29 is 29.2 Å². The molecule has 4 rings (SSSR count). The van der Waals surface area contributed by atoms with Crippen LogP contribution in [0.4, 0.5) is 0 Å². The lowest BCUT2D eigenvalue weighted by Crippen LogP contribution is -2.58. The molecule has 31 heavy (non-hydrogen) atoms. The minimum absolute atomic E-state index is 0.306. The fraction of sp³-hybridized carbons (Fsp3) is 0.520. The molecule has 6 heteroatoms. The highest BCUT2D eigenvalue weighted by Crippen LogP contribution is 2.39. The highest BCUT2D eigenvalue weighted by molar-refractivity contribution is 5.31. The lowest BCUT2D eigenvalue weighted by molar-refractivity contribution is -0.373. The molecule has 2 aliphatic heterocycles. The summed E-state index contributed by atoms with van der Waals surface area (Å²) in [5.41, 5.74) is 5.34. The minimum Gasteiger partial charge on any atom is -0.394 e. The van der Waals surface area contributed by atoms with Gasteiger partial charge >= 0.3 is 0 Å². The molecule has 2 N–H and O–H groups in total. The van der Waals surface area contributed by atoms with Crippen molar-refractivity contribution in [2.75, 3.05) is 13.2 Å². The molecule has 2 unspecified atom stereocenters. The summed E-state index contributed by atoms with van der Waals surface area (Å²) >= 11 is 0. The summed E-state index contributed by atoms with van der Waals surface area (Å²) in [5, 5.41) is 20.1. The number of aliphatic hydroxyl groups excluding tert-OH is 2. The normalized spacial score (nSPS) is 29.6. The van der Waals surface area contributed by atoms with Gasteiger partial charge in [-0.1, -0.05) is 56.3 Å². The van der Waals surface area contributed by atoms with Gasteiger partial charge in [-0.15, -0.1) is 0 Å². The maximum atomic E-state index is 10.5. The SMILES string of the molecule is Cc1ccc(C2OC[C@@H]3OC(c4ccc(C(C)C)cc4)O[C@H]([C@H](O)CO)[C@@H]3O2)cc1C. The zero-order chi connectivity index (χ0) is 22.1. The van der Waals surface area contributed by atoms with Crippen molar-refractivity contribution in [1.29, 1.82) is 0 Å². The lowest BCUT2D eigenvalue weighted by atomic mass is 9.98. The minimum atomic E-state index is -1.09. The molecule has 0 amide bonds. The zero-order valence-corrected chi connectivity index (χ0v) is 18.5. The van der Waals surface area contributed by atoms with Gasteiger partial charge in [0.2, 0.25) is 0 Å². The Labute approximate surface area is 183 Å². The molecular weight excluding hydrogens is 396 g/mol. The molecule has 0 saturated carbocycles. The van der Waals surface area contributed by atoms with E-state index in [0.717, 1.165) is 16.7 Å². The topological polar surface area (TPSA) is 77.4 Å². The molecule has 6 atom stereocenters. The van der Waals surface area contributed by atoms with E-state index in [1.807, 2.05) is 37.3 Å². The third-order valence-corrected chi connectivity index (χ3v) is 6.21. The van der Waals surface area contributed by atoms with Gasteiger partial charge in [0.15, 0.2) is 12.6 Å². The van der Waals surface area contributed by atoms with Crippen LogP contribution in [0.5, 0.6) is 0 Å². The van der Waals surface area contributed by atoms with E-state index in [2.05, 4.69) is 32.9 Å². The van der Waals surface area contributed by atoms with E-state index < -0.39 is 43.6 Å². The van der Waals surface area contributed by atoms with E-state index in [0.29, 0.717) is 12.5 Å². The van der Waals surface area contributed by atoms with Crippen molar-refractivity contribution in [3.05, 3.63) is 70.3 Å². The van der Waals surface area contributed by atoms with Crippen molar-refractivity contribution in [3.63, 3.8) is 0 Å². The van der Waals surface area contributed by atoms with E-state index >= 15 is 0 Å². The molecule has 2 saturated heterocycles. The van der Waals surface area contributed by atoms with Crippen LogP contribution >= 0.6 is 0 Å². The number of aliphatic hydroxyl groups is 2. The highest BCUT2D eigenvalue weighted by Gasteiger charge is 2.48. The molecular formula is C25H32O6. The maximum absolute atomic E-state index is 10.5. The Hall–Kier alpha value is -1.80. The predicted octanol–water partition coefficient (Wildman–Crippen LogP) is 3.68. The number of rotatable bonds is 5. The Kier molecular flexibility index (Phi) is 6.77. The van der Waals surface area contributed by atoms with Gasteiger partial charge in [-0.05, 0) is 36.5 Å². The van der Waals surface area contributed by atoms with Gasteiger partial charge < -0.3 is 29.2 Å². The molecule has 2 heterocycles. The second kappa shape index (κ2) is 9.36. The van der Waals surface area contributed by atoms with E-state index in [1.54, 1.807) is 0 Å². The first-order valence-corrected chi connectivity index (χ1v) is 10.9. The van der Waals surface area contributed by atoms with Crippen molar-refractivity contribution in [2.24, 2.45) is 0 Å². The van der Waals surface area contributed by atoms with E-state index in [1.165, 1.54) is 11.1 Å². The van der Waals surface area contributed by atoms with Crippen LogP contribution in [0.1, 0.15) is 60.2 Å². The van der Waals surface area contributed by atoms with Crippen LogP contribution in [0.15, 0.2) is 42.5 Å². The van der Waals surface area contributed by atoms with Crippen LogP contribution in [0.25, 0.3) is 0 Å². The number of aryl methyl sites for hydroxylation is 2. The van der Waals surface area contributed by atoms with Crippen LogP contribution in [-0.2, 0) is 18.9 Å². The van der Waals surface area contributed by atoms with Gasteiger partial charge in [-0.25, -0.2) is 0 Å². The summed E-state index contributed by atoms with van der Waals surface area (Å²) < 4.78 is 24.4. The summed E-state index contributed by atoms with van der Waals surface area (Å²) in [6.45, 7) is 8.27. The average Bonchev–Trinajstić information content (AvgIpc) is 2.79. The number of fused-ring (bicyclic) bond motifs is 1. The number of hydrogen-bond acceptors (Lipinski definition) is 6. The van der Waals surface area contributed by atoms with Gasteiger partial charge in [0, 0.05) is 11.1 Å². The van der Waals surface area contributed by atoms with Crippen molar-refractivity contribution in [3.8, 4) is 0 Å². The van der Waals surface area contributed by atoms with E-state index in [9.17, 15) is 10.2 Å². The molecule has 2 aliphatic rings. The summed E-state index contributed by atoms with van der Waals surface area (Å²) in [4.78, 5) is 0. The molecule has 0 aliphatic carbocycles. The molecule has 2 aromatic carbocycles. The van der Waals surface area contributed by atoms with Gasteiger partial charge in [-0.3, -0.25) is 0 Å². The largest absolute Gasteiger partial charge is 0.394 e. The smallest absolute Gasteiger partial charge is 0.184 e. The van der Waals surface area contributed by atoms with Crippen molar-refractivity contribution in [1.82, 2.24) is 0 Å². The van der Waals surface area contributed by atoms with Crippen LogP contribution in [0, 0.1) is 13.8 Å². The first-order valence-electron chi connectivity index (χ1n) is 10.9. The van der Waals surface area contributed by atoms with E-state index in [4.69, 9.17) is 18.9 Å². The lowest BCUT2D eigenvalue weighted by Gasteiger charge is -2.47.